The van der Waals surface area contributed by atoms with Crippen molar-refractivity contribution < 1.29 is 28.5 Å². The lowest BCUT2D eigenvalue weighted by atomic mass is 9.98. The van der Waals surface area contributed by atoms with Crippen molar-refractivity contribution in [2.75, 3.05) is 13.2 Å². The molecule has 2 aromatic carbocycles. The number of carbonyl (C=O) groups is 2. The Balaban J connectivity index is 2.23. The van der Waals surface area contributed by atoms with Gasteiger partial charge in [0.05, 0.1) is 13.2 Å². The Kier molecular flexibility index (Phi) is 11.1. The normalized spacial score (nSPS) is 15.3. The zero-order chi connectivity index (χ0) is 27.7. The third-order valence-electron chi connectivity index (χ3n) is 5.09. The molecule has 9 heteroatoms. The van der Waals surface area contributed by atoms with E-state index in [0.29, 0.717) is 0 Å². The predicted molar refractivity (Wildman–Crippen MR) is 145 cm³/mol. The molecule has 0 aliphatic heterocycles. The second-order valence-corrected chi connectivity index (χ2v) is 13.3. The van der Waals surface area contributed by atoms with E-state index in [4.69, 9.17) is 9.47 Å². The number of hydrogen-bond donors (Lipinski definition) is 3. The van der Waals surface area contributed by atoms with Crippen LogP contribution in [-0.2, 0) is 36.5 Å². The maximum absolute atomic E-state index is 13.3. The second-order valence-electron chi connectivity index (χ2n) is 11.7. The number of rotatable bonds is 12. The summed E-state index contributed by atoms with van der Waals surface area (Å²) in [6.07, 6.45) is 0.266. The smallest absolute Gasteiger partial charge is 0.339 e. The lowest BCUT2D eigenvalue weighted by Crippen LogP contribution is -2.46. The SMILES string of the molecule is CC(C)(C)COC(=O)C(Cc1ccccc1)NP(=O)(O)NC(Cc1ccccc1)C(=O)OCC(C)(C)C. The van der Waals surface area contributed by atoms with Crippen molar-refractivity contribution in [3.8, 4) is 0 Å². The molecule has 0 aliphatic rings. The topological polar surface area (TPSA) is 114 Å². The van der Waals surface area contributed by atoms with Crippen molar-refractivity contribution in [3.05, 3.63) is 71.8 Å². The van der Waals surface area contributed by atoms with Crippen LogP contribution in [0.2, 0.25) is 0 Å². The van der Waals surface area contributed by atoms with Gasteiger partial charge >= 0.3 is 19.6 Å². The summed E-state index contributed by atoms with van der Waals surface area (Å²) in [6, 6.07) is 16.1. The molecule has 2 atom stereocenters. The third kappa shape index (κ3) is 12.5. The van der Waals surface area contributed by atoms with Crippen molar-refractivity contribution in [3.63, 3.8) is 0 Å². The maximum atomic E-state index is 13.3. The summed E-state index contributed by atoms with van der Waals surface area (Å²) in [6.45, 7) is 11.9. The first-order valence-electron chi connectivity index (χ1n) is 12.4. The van der Waals surface area contributed by atoms with Crippen LogP contribution in [0.3, 0.4) is 0 Å². The molecule has 2 unspecified atom stereocenters. The highest BCUT2D eigenvalue weighted by atomic mass is 31.2. The van der Waals surface area contributed by atoms with Gasteiger partial charge in [0, 0.05) is 0 Å². The van der Waals surface area contributed by atoms with E-state index in [0.717, 1.165) is 11.1 Å². The minimum atomic E-state index is -4.42. The molecule has 0 radical (unpaired) electrons. The van der Waals surface area contributed by atoms with Gasteiger partial charge in [0.2, 0.25) is 0 Å². The molecule has 0 saturated carbocycles. The van der Waals surface area contributed by atoms with Crippen LogP contribution in [0, 0.1) is 10.8 Å². The van der Waals surface area contributed by atoms with Gasteiger partial charge in [0.15, 0.2) is 0 Å². The largest absolute Gasteiger partial charge is 0.464 e. The minimum Gasteiger partial charge on any atom is -0.464 e. The number of ether oxygens (including phenoxy) is 2. The van der Waals surface area contributed by atoms with Crippen LogP contribution in [0.4, 0.5) is 0 Å². The quantitative estimate of drug-likeness (QED) is 0.267. The summed E-state index contributed by atoms with van der Waals surface area (Å²) in [5.74, 6) is -1.30. The van der Waals surface area contributed by atoms with E-state index in [1.165, 1.54) is 0 Å². The Labute approximate surface area is 220 Å². The highest BCUT2D eigenvalue weighted by Gasteiger charge is 2.35. The van der Waals surface area contributed by atoms with Gasteiger partial charge in [0.25, 0.3) is 0 Å². The molecule has 0 amide bonds. The number of carbonyl (C=O) groups excluding carboxylic acids is 2. The fraction of sp³-hybridized carbons (Fsp3) is 0.500. The summed E-state index contributed by atoms with van der Waals surface area (Å²) in [5.41, 5.74) is 1.04. The van der Waals surface area contributed by atoms with E-state index in [9.17, 15) is 19.0 Å². The molecule has 0 spiro atoms. The van der Waals surface area contributed by atoms with Crippen LogP contribution < -0.4 is 10.2 Å². The van der Waals surface area contributed by atoms with Gasteiger partial charge in [-0.3, -0.25) is 14.2 Å². The number of esters is 2. The minimum absolute atomic E-state index is 0.133. The van der Waals surface area contributed by atoms with Crippen molar-refractivity contribution in [1.82, 2.24) is 10.2 Å². The first kappa shape index (κ1) is 30.7. The molecule has 0 aliphatic carbocycles. The molecule has 2 aromatic rings. The number of nitrogens with one attached hydrogen (secondary N) is 2. The van der Waals surface area contributed by atoms with Crippen LogP contribution >= 0.6 is 7.67 Å². The first-order valence-corrected chi connectivity index (χ1v) is 14.1. The molecular weight excluding hydrogens is 491 g/mol. The van der Waals surface area contributed by atoms with Crippen molar-refractivity contribution in [1.29, 1.82) is 0 Å². The highest BCUT2D eigenvalue weighted by molar-refractivity contribution is 7.53. The molecule has 0 bridgehead atoms. The van der Waals surface area contributed by atoms with Crippen molar-refractivity contribution in [2.24, 2.45) is 10.8 Å². The van der Waals surface area contributed by atoms with E-state index < -0.39 is 31.7 Å². The summed E-state index contributed by atoms with van der Waals surface area (Å²) in [5, 5.41) is 5.08. The maximum Gasteiger partial charge on any atom is 0.339 e. The summed E-state index contributed by atoms with van der Waals surface area (Å²) in [7, 11) is -4.42. The second kappa shape index (κ2) is 13.3. The molecule has 3 N–H and O–H groups in total. The summed E-state index contributed by atoms with van der Waals surface area (Å²) in [4.78, 5) is 36.8. The van der Waals surface area contributed by atoms with Gasteiger partial charge in [-0.2, -0.15) is 0 Å². The molecule has 0 saturated heterocycles. The highest BCUT2D eigenvalue weighted by Crippen LogP contribution is 2.33. The zero-order valence-corrected chi connectivity index (χ0v) is 23.6. The van der Waals surface area contributed by atoms with Gasteiger partial charge in [-0.25, -0.2) is 10.2 Å². The molecule has 37 heavy (non-hydrogen) atoms. The number of hydrogen-bond acceptors (Lipinski definition) is 5. The van der Waals surface area contributed by atoms with Crippen LogP contribution in [0.15, 0.2) is 60.7 Å². The first-order chi connectivity index (χ1) is 17.1. The summed E-state index contributed by atoms with van der Waals surface area (Å²) < 4.78 is 24.3. The lowest BCUT2D eigenvalue weighted by molar-refractivity contribution is -0.148. The molecule has 204 valence electrons. The molecule has 0 fully saturated rings. The average molecular weight is 533 g/mol. The fourth-order valence-corrected chi connectivity index (χ4v) is 4.61. The standard InChI is InChI=1S/C28H41N2O6P/c1-27(2,3)19-35-25(31)23(17-21-13-9-7-10-14-21)29-37(33,34)30-24(18-22-15-11-8-12-16-22)26(32)36-20-28(4,5)6/h7-16,23-24H,17-20H2,1-6H3,(H3,29,30,33,34). The van der Waals surface area contributed by atoms with E-state index in [1.807, 2.05) is 102 Å². The Bertz CT molecular complexity index is 966. The zero-order valence-electron chi connectivity index (χ0n) is 22.7. The fourth-order valence-electron chi connectivity index (χ4n) is 3.30. The predicted octanol–water partition coefficient (Wildman–Crippen LogP) is 4.67. The molecule has 2 rings (SSSR count). The van der Waals surface area contributed by atoms with Gasteiger partial charge in [-0.1, -0.05) is 102 Å². The van der Waals surface area contributed by atoms with E-state index in [1.54, 1.807) is 0 Å². The van der Waals surface area contributed by atoms with Crippen LogP contribution in [0.5, 0.6) is 0 Å². The molecule has 0 heterocycles. The molecule has 8 nitrogen and oxygen atoms in total. The van der Waals surface area contributed by atoms with Gasteiger partial charge in [-0.15, -0.1) is 0 Å². The van der Waals surface area contributed by atoms with E-state index in [2.05, 4.69) is 10.2 Å². The van der Waals surface area contributed by atoms with Crippen molar-refractivity contribution >= 4 is 19.6 Å². The Morgan fingerprint density at radius 3 is 1.35 bits per heavy atom. The molecule has 0 aromatic heterocycles. The van der Waals surface area contributed by atoms with E-state index >= 15 is 0 Å². The van der Waals surface area contributed by atoms with Crippen LogP contribution in [0.1, 0.15) is 52.7 Å². The van der Waals surface area contributed by atoms with Gasteiger partial charge < -0.3 is 14.4 Å². The van der Waals surface area contributed by atoms with Gasteiger partial charge in [-0.05, 0) is 34.8 Å². The Morgan fingerprint density at radius 2 is 1.05 bits per heavy atom. The third-order valence-corrected chi connectivity index (χ3v) is 6.41. The van der Waals surface area contributed by atoms with Crippen LogP contribution in [-0.4, -0.2) is 42.1 Å². The summed E-state index contributed by atoms with van der Waals surface area (Å²) >= 11 is 0. The van der Waals surface area contributed by atoms with Crippen molar-refractivity contribution in [2.45, 2.75) is 66.5 Å². The lowest BCUT2D eigenvalue weighted by Gasteiger charge is -2.27. The Hall–Kier alpha value is -2.51. The van der Waals surface area contributed by atoms with Crippen LogP contribution in [0.25, 0.3) is 0 Å². The number of benzene rings is 2. The van der Waals surface area contributed by atoms with E-state index in [-0.39, 0.29) is 36.9 Å². The monoisotopic (exact) mass is 532 g/mol. The average Bonchev–Trinajstić information content (AvgIpc) is 2.80. The Morgan fingerprint density at radius 1 is 0.730 bits per heavy atom. The van der Waals surface area contributed by atoms with Gasteiger partial charge in [0.1, 0.15) is 12.1 Å². The molecular formula is C28H41N2O6P.